The fourth-order valence-electron chi connectivity index (χ4n) is 1.08. The van der Waals surface area contributed by atoms with Crippen molar-refractivity contribution in [1.29, 1.82) is 0 Å². The molecule has 0 saturated heterocycles. The van der Waals surface area contributed by atoms with Gasteiger partial charge in [0.1, 0.15) is 16.5 Å². The molecule has 0 atom stereocenters. The molecule has 0 aromatic carbocycles. The molecule has 0 radical (unpaired) electrons. The highest BCUT2D eigenvalue weighted by molar-refractivity contribution is 6.32. The zero-order valence-electron chi connectivity index (χ0n) is 8.70. The third-order valence-corrected chi connectivity index (χ3v) is 2.26. The lowest BCUT2D eigenvalue weighted by molar-refractivity contribution is 0.0696. The number of aromatic carboxylic acids is 1. The molecule has 1 rings (SSSR count). The van der Waals surface area contributed by atoms with Crippen molar-refractivity contribution >= 4 is 17.6 Å². The van der Waals surface area contributed by atoms with E-state index in [9.17, 15) is 4.79 Å². The van der Waals surface area contributed by atoms with Crippen molar-refractivity contribution in [3.63, 3.8) is 0 Å². The Morgan fingerprint density at radius 1 is 1.60 bits per heavy atom. The van der Waals surface area contributed by atoms with E-state index in [1.54, 1.807) is 0 Å². The van der Waals surface area contributed by atoms with Crippen LogP contribution >= 0.6 is 11.6 Å². The molecule has 82 valence electrons. The van der Waals surface area contributed by atoms with Gasteiger partial charge in [-0.2, -0.15) is 0 Å². The summed E-state index contributed by atoms with van der Waals surface area (Å²) in [6.07, 6.45) is 2.94. The number of carboxylic acids is 1. The number of hydrogen-bond donors (Lipinski definition) is 1. The second-order valence-electron chi connectivity index (χ2n) is 3.73. The van der Waals surface area contributed by atoms with Crippen molar-refractivity contribution < 1.29 is 9.90 Å². The van der Waals surface area contributed by atoms with E-state index in [1.807, 2.05) is 0 Å². The maximum atomic E-state index is 10.6. The smallest absolute Gasteiger partial charge is 0.340 e. The Hall–Kier alpha value is -1.16. The molecule has 5 heteroatoms. The SMILES string of the molecule is CC(C)CCc1ncc(C(=O)O)c(Cl)n1. The Morgan fingerprint density at radius 2 is 2.27 bits per heavy atom. The zero-order chi connectivity index (χ0) is 11.4. The van der Waals surface area contributed by atoms with Gasteiger partial charge in [0.25, 0.3) is 0 Å². The van der Waals surface area contributed by atoms with E-state index in [-0.39, 0.29) is 10.7 Å². The first kappa shape index (κ1) is 11.9. The second kappa shape index (κ2) is 5.07. The summed E-state index contributed by atoms with van der Waals surface area (Å²) < 4.78 is 0. The predicted molar refractivity (Wildman–Crippen MR) is 57.2 cm³/mol. The van der Waals surface area contributed by atoms with Crippen LogP contribution in [0, 0.1) is 5.92 Å². The summed E-state index contributed by atoms with van der Waals surface area (Å²) in [5.74, 6) is 0.0561. The van der Waals surface area contributed by atoms with E-state index in [2.05, 4.69) is 23.8 Å². The summed E-state index contributed by atoms with van der Waals surface area (Å²) in [5.41, 5.74) is -0.0510. The van der Waals surface area contributed by atoms with Gasteiger partial charge in [0.05, 0.1) is 0 Å². The van der Waals surface area contributed by atoms with Gasteiger partial charge in [-0.25, -0.2) is 14.8 Å². The molecule has 15 heavy (non-hydrogen) atoms. The Morgan fingerprint density at radius 3 is 2.73 bits per heavy atom. The van der Waals surface area contributed by atoms with E-state index in [4.69, 9.17) is 16.7 Å². The van der Waals surface area contributed by atoms with Crippen LogP contribution in [-0.4, -0.2) is 21.0 Å². The van der Waals surface area contributed by atoms with Crippen LogP contribution in [0.1, 0.15) is 36.5 Å². The Bertz CT molecular complexity index is 366. The highest BCUT2D eigenvalue weighted by Crippen LogP contribution is 2.13. The van der Waals surface area contributed by atoms with Gasteiger partial charge < -0.3 is 5.11 Å². The summed E-state index contributed by atoms with van der Waals surface area (Å²) in [4.78, 5) is 18.5. The quantitative estimate of drug-likeness (QED) is 0.804. The zero-order valence-corrected chi connectivity index (χ0v) is 9.45. The largest absolute Gasteiger partial charge is 0.478 e. The van der Waals surface area contributed by atoms with Crippen LogP contribution in [0.4, 0.5) is 0 Å². The van der Waals surface area contributed by atoms with Gasteiger partial charge in [-0.05, 0) is 12.3 Å². The maximum absolute atomic E-state index is 10.6. The summed E-state index contributed by atoms with van der Waals surface area (Å²) in [7, 11) is 0. The highest BCUT2D eigenvalue weighted by Gasteiger charge is 2.11. The van der Waals surface area contributed by atoms with Crippen LogP contribution in [0.2, 0.25) is 5.15 Å². The van der Waals surface area contributed by atoms with Crippen LogP contribution in [0.15, 0.2) is 6.20 Å². The van der Waals surface area contributed by atoms with Crippen LogP contribution in [0.3, 0.4) is 0 Å². The third-order valence-electron chi connectivity index (χ3n) is 1.97. The average Bonchev–Trinajstić information content (AvgIpc) is 2.14. The summed E-state index contributed by atoms with van der Waals surface area (Å²) in [6, 6.07) is 0. The number of aromatic nitrogens is 2. The fraction of sp³-hybridized carbons (Fsp3) is 0.500. The number of carboxylic acid groups (broad SMARTS) is 1. The van der Waals surface area contributed by atoms with E-state index in [0.717, 1.165) is 12.8 Å². The second-order valence-corrected chi connectivity index (χ2v) is 4.09. The molecule has 0 amide bonds. The molecule has 0 aliphatic rings. The summed E-state index contributed by atoms with van der Waals surface area (Å²) in [5, 5.41) is 8.72. The van der Waals surface area contributed by atoms with Crippen LogP contribution < -0.4 is 0 Å². The van der Waals surface area contributed by atoms with Crippen LogP contribution in [-0.2, 0) is 6.42 Å². The minimum Gasteiger partial charge on any atom is -0.478 e. The lowest BCUT2D eigenvalue weighted by Gasteiger charge is -2.04. The number of nitrogens with zero attached hydrogens (tertiary/aromatic N) is 2. The molecule has 1 N–H and O–H groups in total. The van der Waals surface area contributed by atoms with Gasteiger partial charge in [0.15, 0.2) is 0 Å². The van der Waals surface area contributed by atoms with Crippen LogP contribution in [0.25, 0.3) is 0 Å². The monoisotopic (exact) mass is 228 g/mol. The molecule has 0 bridgehead atoms. The first-order valence-electron chi connectivity index (χ1n) is 4.75. The van der Waals surface area contributed by atoms with Crippen molar-refractivity contribution in [2.75, 3.05) is 0 Å². The average molecular weight is 229 g/mol. The Labute approximate surface area is 93.3 Å². The van der Waals surface area contributed by atoms with Gasteiger partial charge in [0, 0.05) is 12.6 Å². The number of halogens is 1. The molecule has 0 saturated carbocycles. The molecule has 1 aromatic rings. The minimum atomic E-state index is -1.10. The number of hydrogen-bond acceptors (Lipinski definition) is 3. The minimum absolute atomic E-state index is 0.0104. The summed E-state index contributed by atoms with van der Waals surface area (Å²) in [6.45, 7) is 4.21. The standard InChI is InChI=1S/C10H13ClN2O2/c1-6(2)3-4-8-12-5-7(10(14)15)9(11)13-8/h5-6H,3-4H2,1-2H3,(H,14,15). The van der Waals surface area contributed by atoms with Crippen LogP contribution in [0.5, 0.6) is 0 Å². The van der Waals surface area contributed by atoms with Crippen molar-refractivity contribution in [3.8, 4) is 0 Å². The van der Waals surface area contributed by atoms with Crippen molar-refractivity contribution in [3.05, 3.63) is 22.7 Å². The van der Waals surface area contributed by atoms with Gasteiger partial charge in [-0.3, -0.25) is 0 Å². The molecule has 4 nitrogen and oxygen atoms in total. The number of rotatable bonds is 4. The first-order chi connectivity index (χ1) is 7.00. The maximum Gasteiger partial charge on any atom is 0.340 e. The molecule has 1 heterocycles. The van der Waals surface area contributed by atoms with E-state index >= 15 is 0 Å². The van der Waals surface area contributed by atoms with Gasteiger partial charge >= 0.3 is 5.97 Å². The van der Waals surface area contributed by atoms with Gasteiger partial charge in [0.2, 0.25) is 0 Å². The van der Waals surface area contributed by atoms with E-state index in [1.165, 1.54) is 6.20 Å². The molecule has 0 spiro atoms. The predicted octanol–water partition coefficient (Wildman–Crippen LogP) is 2.42. The number of carbonyl (C=O) groups is 1. The summed E-state index contributed by atoms with van der Waals surface area (Å²) >= 11 is 5.71. The van der Waals surface area contributed by atoms with E-state index in [0.29, 0.717) is 11.7 Å². The number of aryl methyl sites for hydroxylation is 1. The normalized spacial score (nSPS) is 10.7. The van der Waals surface area contributed by atoms with Crippen molar-refractivity contribution in [2.45, 2.75) is 26.7 Å². The lowest BCUT2D eigenvalue weighted by Crippen LogP contribution is -2.04. The van der Waals surface area contributed by atoms with E-state index < -0.39 is 5.97 Å². The Kier molecular flexibility index (Phi) is 4.03. The van der Waals surface area contributed by atoms with Gasteiger partial charge in [-0.1, -0.05) is 25.4 Å². The molecule has 0 unspecified atom stereocenters. The molecule has 1 aromatic heterocycles. The van der Waals surface area contributed by atoms with Crippen molar-refractivity contribution in [2.24, 2.45) is 5.92 Å². The first-order valence-corrected chi connectivity index (χ1v) is 5.13. The van der Waals surface area contributed by atoms with Crippen molar-refractivity contribution in [1.82, 2.24) is 9.97 Å². The molecule has 0 aliphatic heterocycles. The molecular weight excluding hydrogens is 216 g/mol. The Balaban J connectivity index is 2.78. The molecule has 0 aliphatic carbocycles. The lowest BCUT2D eigenvalue weighted by atomic mass is 10.1. The fourth-order valence-corrected chi connectivity index (χ4v) is 1.30. The molecule has 0 fully saturated rings. The highest BCUT2D eigenvalue weighted by atomic mass is 35.5. The van der Waals surface area contributed by atoms with Gasteiger partial charge in [-0.15, -0.1) is 0 Å². The topological polar surface area (TPSA) is 63.1 Å². The third kappa shape index (κ3) is 3.47. The molecular formula is C10H13ClN2O2.